The number of thioether (sulfide) groups is 1. The molecular weight excluding hydrogens is 951 g/mol. The Labute approximate surface area is 419 Å². The second-order valence-corrected chi connectivity index (χ2v) is 19.7. The number of ketones is 1. The third-order valence-corrected chi connectivity index (χ3v) is 13.3. The zero-order chi connectivity index (χ0) is 53.4. The molecular formula is C45H79N11O14S. The molecule has 0 aromatic carbocycles. The van der Waals surface area contributed by atoms with Gasteiger partial charge in [-0.05, 0) is 97.2 Å². The van der Waals surface area contributed by atoms with Crippen molar-refractivity contribution in [3.63, 3.8) is 0 Å². The lowest BCUT2D eigenvalue weighted by Gasteiger charge is -2.43. The quantitative estimate of drug-likeness (QED) is 0.0216. The molecule has 0 radical (unpaired) electrons. The molecule has 0 bridgehead atoms. The number of nitrogens with two attached hydrogens (primary N) is 2. The number of hydrogen-bond donors (Lipinski definition) is 13. The summed E-state index contributed by atoms with van der Waals surface area (Å²) in [5, 5.41) is 56.7. The van der Waals surface area contributed by atoms with Crippen LogP contribution in [0.4, 0.5) is 0 Å². The van der Waals surface area contributed by atoms with E-state index in [0.717, 1.165) is 16.7 Å². The average molecular weight is 1030 g/mol. The second kappa shape index (κ2) is 32.3. The summed E-state index contributed by atoms with van der Waals surface area (Å²) in [4.78, 5) is 132. The van der Waals surface area contributed by atoms with Gasteiger partial charge in [0.15, 0.2) is 5.78 Å². The molecule has 0 aliphatic carbocycles. The van der Waals surface area contributed by atoms with Crippen LogP contribution in [-0.2, 0) is 47.9 Å². The van der Waals surface area contributed by atoms with Gasteiger partial charge in [-0.15, -0.1) is 11.8 Å². The molecule has 9 amide bonds. The molecule has 2 aliphatic rings. The molecule has 6 unspecified atom stereocenters. The summed E-state index contributed by atoms with van der Waals surface area (Å²) >= 11 is 0.981. The molecule has 2 fully saturated rings. The van der Waals surface area contributed by atoms with Crippen molar-refractivity contribution in [1.29, 1.82) is 0 Å². The number of amides is 9. The predicted molar refractivity (Wildman–Crippen MR) is 260 cm³/mol. The first-order chi connectivity index (χ1) is 33.5. The van der Waals surface area contributed by atoms with Crippen molar-refractivity contribution in [1.82, 2.24) is 47.0 Å². The Morgan fingerprint density at radius 3 is 1.82 bits per heavy atom. The van der Waals surface area contributed by atoms with Gasteiger partial charge >= 0.3 is 0 Å². The third-order valence-electron chi connectivity index (χ3n) is 12.0. The Kier molecular flexibility index (Phi) is 28.3. The van der Waals surface area contributed by atoms with Gasteiger partial charge in [-0.25, -0.2) is 0 Å². The molecule has 15 N–H and O–H groups in total. The summed E-state index contributed by atoms with van der Waals surface area (Å²) in [6.45, 7) is 7.15. The van der Waals surface area contributed by atoms with Crippen LogP contribution in [0.25, 0.3) is 0 Å². The van der Waals surface area contributed by atoms with Gasteiger partial charge in [0.25, 0.3) is 0 Å². The van der Waals surface area contributed by atoms with Crippen LogP contribution < -0.4 is 48.7 Å². The summed E-state index contributed by atoms with van der Waals surface area (Å²) < 4.78 is 0. The predicted octanol–water partition coefficient (Wildman–Crippen LogP) is -5.02. The van der Waals surface area contributed by atoms with Gasteiger partial charge in [0.05, 0.1) is 43.1 Å². The third kappa shape index (κ3) is 21.8. The lowest BCUT2D eigenvalue weighted by atomic mass is 9.94. The Hall–Kier alpha value is -4.83. The molecule has 2 heterocycles. The van der Waals surface area contributed by atoms with Crippen LogP contribution in [0.5, 0.6) is 0 Å². The van der Waals surface area contributed by atoms with E-state index in [1.165, 1.54) is 20.8 Å². The lowest BCUT2D eigenvalue weighted by Crippen LogP contribution is -2.62. The summed E-state index contributed by atoms with van der Waals surface area (Å²) in [6.07, 6.45) is -0.621. The molecule has 0 saturated carbocycles. The van der Waals surface area contributed by atoms with E-state index in [1.807, 2.05) is 13.8 Å². The van der Waals surface area contributed by atoms with Gasteiger partial charge in [0.2, 0.25) is 53.2 Å². The number of nitrogens with one attached hydrogen (secondary N) is 7. The number of nitrogens with zero attached hydrogens (tertiary/aromatic N) is 2. The minimum atomic E-state index is -1.40. The van der Waals surface area contributed by atoms with Crippen molar-refractivity contribution in [2.75, 3.05) is 58.2 Å². The van der Waals surface area contributed by atoms with Gasteiger partial charge < -0.3 is 69.1 Å². The molecule has 71 heavy (non-hydrogen) atoms. The van der Waals surface area contributed by atoms with Gasteiger partial charge in [0, 0.05) is 32.2 Å². The average Bonchev–Trinajstić information content (AvgIpc) is 3.58. The number of Topliss-reactive ketones (excluding diaryl/α,β-unsaturated/α-hetero) is 1. The molecule has 25 nitrogen and oxygen atoms in total. The second-order valence-electron chi connectivity index (χ2n) is 18.4. The normalized spacial score (nSPS) is 21.4. The van der Waals surface area contributed by atoms with Crippen LogP contribution in [-0.4, -0.2) is 207 Å². The number of carbonyl (C=O) groups is 10. The van der Waals surface area contributed by atoms with Gasteiger partial charge in [-0.2, -0.15) is 0 Å². The van der Waals surface area contributed by atoms with E-state index in [1.54, 1.807) is 4.90 Å². The van der Waals surface area contributed by atoms with Crippen molar-refractivity contribution in [2.24, 2.45) is 17.4 Å². The van der Waals surface area contributed by atoms with E-state index < -0.39 is 133 Å². The Balaban J connectivity index is 1.94. The Morgan fingerprint density at radius 1 is 0.676 bits per heavy atom. The number of aliphatic hydroxyl groups is 4. The van der Waals surface area contributed by atoms with E-state index in [0.29, 0.717) is 58.0 Å². The highest BCUT2D eigenvalue weighted by atomic mass is 32.2. The largest absolute Gasteiger partial charge is 0.395 e. The number of likely N-dealkylation sites (tertiary alicyclic amines) is 2. The molecule has 2 aliphatic heterocycles. The topological polar surface area (TPSA) is 394 Å². The van der Waals surface area contributed by atoms with E-state index in [2.05, 4.69) is 37.2 Å². The van der Waals surface area contributed by atoms with Gasteiger partial charge in [-0.1, -0.05) is 13.8 Å². The maximum atomic E-state index is 13.6. The van der Waals surface area contributed by atoms with Crippen molar-refractivity contribution >= 4 is 70.7 Å². The van der Waals surface area contributed by atoms with Gasteiger partial charge in [0.1, 0.15) is 36.4 Å². The number of rotatable bonds is 33. The zero-order valence-electron chi connectivity index (χ0n) is 41.6. The number of carbonyl (C=O) groups excluding carboxylic acids is 10. The SMILES string of the molecule is CC(=O)NC(CSC1CC(=O)N(CCCCN2C[C@@H](O)[C@@H](O)[C@H](O)[C@H]2CO)C1=O)C(=O)NC(CCCCN)C(=O)NCC(=O)NCC(=O)NC(C)C(=O)NC(CCCCN)C(=O)NC(CC(C)C)C(C)=O. The molecule has 26 heteroatoms. The summed E-state index contributed by atoms with van der Waals surface area (Å²) in [5.41, 5.74) is 11.2. The first-order valence-electron chi connectivity index (χ1n) is 24.3. The van der Waals surface area contributed by atoms with Crippen molar-refractivity contribution in [3.05, 3.63) is 0 Å². The number of β-amino-alcohol motifs (C(OH)–C–C–N with tert-alkyl or cyclic N) is 1. The van der Waals surface area contributed by atoms with E-state index in [4.69, 9.17) is 11.5 Å². The smallest absolute Gasteiger partial charge is 0.244 e. The maximum absolute atomic E-state index is 13.6. The van der Waals surface area contributed by atoms with E-state index in [-0.39, 0.29) is 56.4 Å². The number of piperidine rings is 1. The number of aliphatic hydroxyl groups excluding tert-OH is 4. The Bertz CT molecular complexity index is 1810. The molecule has 0 aromatic heterocycles. The van der Waals surface area contributed by atoms with Crippen LogP contribution in [0.3, 0.4) is 0 Å². The molecule has 0 spiro atoms. The number of unbranched alkanes of at least 4 members (excludes halogenated alkanes) is 3. The minimum Gasteiger partial charge on any atom is -0.395 e. The highest BCUT2D eigenvalue weighted by molar-refractivity contribution is 8.00. The van der Waals surface area contributed by atoms with Crippen LogP contribution in [0, 0.1) is 5.92 Å². The monoisotopic (exact) mass is 1030 g/mol. The fraction of sp³-hybridized carbons (Fsp3) is 0.778. The number of imide groups is 1. The minimum absolute atomic E-state index is 0.0188. The van der Waals surface area contributed by atoms with Crippen LogP contribution in [0.1, 0.15) is 98.8 Å². The highest BCUT2D eigenvalue weighted by Gasteiger charge is 2.42. The maximum Gasteiger partial charge on any atom is 0.244 e. The van der Waals surface area contributed by atoms with Gasteiger partial charge in [-0.3, -0.25) is 57.7 Å². The molecule has 2 saturated heterocycles. The van der Waals surface area contributed by atoms with Crippen LogP contribution in [0.2, 0.25) is 0 Å². The standard InChI is InChI=1S/C45H79N11O14S/c1-25(2)18-31(27(4)58)54-43(68)30(13-7-9-15-47)52-41(66)26(3)50-37(62)21-48-36(61)20-49-42(67)29(12-6-8-14-46)53-44(69)32(51-28(5)59)24-71-35-19-38(63)56(45(35)70)17-11-10-16-55-22-34(60)40(65)39(64)33(55)23-57/h25-26,29-35,39-40,57,60,64-65H,6-24,46-47H2,1-5H3,(H,48,61)(H,49,67)(H,50,62)(H,51,59)(H,52,66)(H,53,69)(H,54,68)/t26?,29?,30?,31?,32?,33-,34-,35?,39-,40-/m1/s1. The van der Waals surface area contributed by atoms with Crippen LogP contribution >= 0.6 is 11.8 Å². The van der Waals surface area contributed by atoms with Crippen molar-refractivity contribution in [2.45, 2.75) is 159 Å². The Morgan fingerprint density at radius 2 is 1.24 bits per heavy atom. The molecule has 0 aromatic rings. The molecule has 404 valence electrons. The van der Waals surface area contributed by atoms with Crippen LogP contribution in [0.15, 0.2) is 0 Å². The fourth-order valence-corrected chi connectivity index (χ4v) is 9.12. The van der Waals surface area contributed by atoms with E-state index >= 15 is 0 Å². The number of hydrogen-bond acceptors (Lipinski definition) is 18. The fourth-order valence-electron chi connectivity index (χ4n) is 7.93. The lowest BCUT2D eigenvalue weighted by molar-refractivity contribution is -0.145. The first kappa shape index (κ1) is 62.3. The first-order valence-corrected chi connectivity index (χ1v) is 25.4. The molecule has 10 atom stereocenters. The molecule has 2 rings (SSSR count). The van der Waals surface area contributed by atoms with Crippen molar-refractivity contribution < 1.29 is 68.4 Å². The zero-order valence-corrected chi connectivity index (χ0v) is 42.4. The summed E-state index contributed by atoms with van der Waals surface area (Å²) in [5.74, 6) is -6.09. The summed E-state index contributed by atoms with van der Waals surface area (Å²) in [7, 11) is 0. The highest BCUT2D eigenvalue weighted by Crippen LogP contribution is 2.27. The van der Waals surface area contributed by atoms with E-state index in [9.17, 15) is 68.4 Å². The summed E-state index contributed by atoms with van der Waals surface area (Å²) in [6, 6.07) is -6.13. The van der Waals surface area contributed by atoms with Crippen molar-refractivity contribution in [3.8, 4) is 0 Å².